The molecule has 0 saturated heterocycles. The first kappa shape index (κ1) is 8.95. The quantitative estimate of drug-likeness (QED) is 0.379. The van der Waals surface area contributed by atoms with Gasteiger partial charge in [0.25, 0.3) is 0 Å². The minimum absolute atomic E-state index is 0.352. The van der Waals surface area contributed by atoms with E-state index in [4.69, 9.17) is 4.74 Å². The highest BCUT2D eigenvalue weighted by molar-refractivity contribution is 6.26. The van der Waals surface area contributed by atoms with E-state index in [0.717, 1.165) is 0 Å². The smallest absolute Gasteiger partial charge is 0.333 e. The molecule has 0 amide bonds. The van der Waals surface area contributed by atoms with Gasteiger partial charge in [0.2, 0.25) is 0 Å². The van der Waals surface area contributed by atoms with E-state index in [1.54, 1.807) is 0 Å². The monoisotopic (exact) mass is 134 g/mol. The molecule has 0 aliphatic carbocycles. The molecule has 0 aromatic carbocycles. The maximum absolute atomic E-state index is 11.3. The van der Waals surface area contributed by atoms with Crippen LogP contribution in [0.2, 0.25) is 12.6 Å². The van der Waals surface area contributed by atoms with Crippen LogP contribution in [0.25, 0.3) is 0 Å². The van der Waals surface area contributed by atoms with Crippen molar-refractivity contribution >= 4 is 15.1 Å². The highest BCUT2D eigenvalue weighted by Crippen LogP contribution is 1.86. The Morgan fingerprint density at radius 3 is 1.78 bits per heavy atom. The van der Waals surface area contributed by atoms with E-state index in [0.29, 0.717) is 25.9 Å². The van der Waals surface area contributed by atoms with Crippen LogP contribution in [-0.2, 0) is 4.74 Å². The fraction of sp³-hybridized carbons (Fsp3) is 1.00. The second-order valence-corrected chi connectivity index (χ2v) is 1.70. The molecule has 0 radical (unpaired) electrons. The van der Waals surface area contributed by atoms with Crippen LogP contribution in [0.1, 0.15) is 0 Å². The molecule has 52 valence electrons. The summed E-state index contributed by atoms with van der Waals surface area (Å²) >= 11 is 0. The van der Waals surface area contributed by atoms with Crippen molar-refractivity contribution in [2.24, 2.45) is 0 Å². The molecule has 0 heterocycles. The average molecular weight is 134 g/mol. The highest BCUT2D eigenvalue weighted by atomic mass is 19.1. The molecule has 0 spiro atoms. The van der Waals surface area contributed by atoms with Crippen molar-refractivity contribution in [1.82, 2.24) is 0 Å². The summed E-state index contributed by atoms with van der Waals surface area (Å²) in [4.78, 5) is 0. The van der Waals surface area contributed by atoms with Crippen molar-refractivity contribution in [3.05, 3.63) is 0 Å². The van der Waals surface area contributed by atoms with Crippen molar-refractivity contribution in [2.45, 2.75) is 12.6 Å². The van der Waals surface area contributed by atoms with Crippen LogP contribution in [-0.4, -0.2) is 28.3 Å². The molecule has 0 aromatic heterocycles. The predicted octanol–water partition coefficient (Wildman–Crippen LogP) is 0.482. The van der Waals surface area contributed by atoms with E-state index < -0.39 is 0 Å². The Balaban J connectivity index is 2.60. The molecule has 5 heteroatoms. The van der Waals surface area contributed by atoms with E-state index in [1.165, 1.54) is 0 Å². The largest absolute Gasteiger partial charge is 0.383 e. The number of halogens is 2. The van der Waals surface area contributed by atoms with Crippen molar-refractivity contribution in [3.8, 4) is 0 Å². The van der Waals surface area contributed by atoms with Gasteiger partial charge in [-0.3, -0.25) is 0 Å². The molecule has 0 N–H and O–H groups in total. The Kier molecular flexibility index (Phi) is 7.91. The maximum atomic E-state index is 11.3. The van der Waals surface area contributed by atoms with Crippen LogP contribution < -0.4 is 0 Å². The van der Waals surface area contributed by atoms with Gasteiger partial charge in [0.15, 0.2) is 0 Å². The highest BCUT2D eigenvalue weighted by Gasteiger charge is 1.90. The van der Waals surface area contributed by atoms with Crippen LogP contribution in [0, 0.1) is 0 Å². The Bertz CT molecular complexity index is 49.8. The fourth-order valence-electron chi connectivity index (χ4n) is 0.415. The number of ether oxygens (including phenoxy) is 1. The zero-order chi connectivity index (χ0) is 6.95. The van der Waals surface area contributed by atoms with Gasteiger partial charge in [0.05, 0.1) is 0 Å². The zero-order valence-electron chi connectivity index (χ0n) is 5.41. The third kappa shape index (κ3) is 7.95. The van der Waals surface area contributed by atoms with E-state index in [9.17, 15) is 8.63 Å². The van der Waals surface area contributed by atoms with Crippen LogP contribution >= 0.6 is 0 Å². The summed E-state index contributed by atoms with van der Waals surface area (Å²) in [5.41, 5.74) is 0. The first-order chi connectivity index (χ1) is 4.41. The van der Waals surface area contributed by atoms with Crippen LogP contribution in [0.3, 0.4) is 0 Å². The van der Waals surface area contributed by atoms with Crippen molar-refractivity contribution in [1.29, 1.82) is 0 Å². The summed E-state index contributed by atoms with van der Waals surface area (Å²) in [6.07, 6.45) is 0.846. The molecule has 0 aliphatic rings. The minimum atomic E-state index is -0.352. The summed E-state index contributed by atoms with van der Waals surface area (Å²) in [7, 11) is -0.703. The number of hydrogen-bond acceptors (Lipinski definition) is 1. The lowest BCUT2D eigenvalue weighted by Crippen LogP contribution is -1.98. The van der Waals surface area contributed by atoms with Gasteiger partial charge >= 0.3 is 15.1 Å². The minimum Gasteiger partial charge on any atom is -0.383 e. The summed E-state index contributed by atoms with van der Waals surface area (Å²) in [5, 5.41) is 0. The van der Waals surface area contributed by atoms with Crippen molar-refractivity contribution in [3.63, 3.8) is 0 Å². The second kappa shape index (κ2) is 7.95. The SMILES string of the molecule is FBCCOCCBF. The standard InChI is InChI=1S/C4H10B2F2O/c7-5-1-3-9-4-2-6-8/h5-6H,1-4H2. The molecular weight excluding hydrogens is 124 g/mol. The van der Waals surface area contributed by atoms with Gasteiger partial charge < -0.3 is 13.4 Å². The van der Waals surface area contributed by atoms with Gasteiger partial charge in [-0.25, -0.2) is 0 Å². The second-order valence-electron chi connectivity index (χ2n) is 1.70. The Morgan fingerprint density at radius 1 is 1.00 bits per heavy atom. The molecule has 0 fully saturated rings. The van der Waals surface area contributed by atoms with E-state index in [2.05, 4.69) is 0 Å². The summed E-state index contributed by atoms with van der Waals surface area (Å²) < 4.78 is 27.5. The van der Waals surface area contributed by atoms with Gasteiger partial charge in [-0.05, 0) is 12.6 Å². The lowest BCUT2D eigenvalue weighted by atomic mass is 10.00. The van der Waals surface area contributed by atoms with Crippen LogP contribution in [0.15, 0.2) is 0 Å². The zero-order valence-corrected chi connectivity index (χ0v) is 5.41. The van der Waals surface area contributed by atoms with Gasteiger partial charge in [0.1, 0.15) is 0 Å². The molecular formula is C4H10B2F2O. The molecule has 0 atom stereocenters. The predicted molar refractivity (Wildman–Crippen MR) is 36.9 cm³/mol. The Labute approximate surface area is 55.4 Å². The molecule has 9 heavy (non-hydrogen) atoms. The molecule has 0 saturated carbocycles. The van der Waals surface area contributed by atoms with Crippen LogP contribution in [0.5, 0.6) is 0 Å². The average Bonchev–Trinajstić information content (AvgIpc) is 1.89. The number of rotatable bonds is 6. The van der Waals surface area contributed by atoms with Gasteiger partial charge in [-0.2, -0.15) is 0 Å². The lowest BCUT2D eigenvalue weighted by Gasteiger charge is -1.96. The molecule has 0 aliphatic heterocycles. The Hall–Kier alpha value is -0.0501. The third-order valence-corrected chi connectivity index (χ3v) is 0.845. The molecule has 1 nitrogen and oxygen atoms in total. The summed E-state index contributed by atoms with van der Waals surface area (Å²) in [6.45, 7) is 0.826. The van der Waals surface area contributed by atoms with E-state index in [-0.39, 0.29) is 15.1 Å². The first-order valence-electron chi connectivity index (χ1n) is 3.11. The summed E-state index contributed by atoms with van der Waals surface area (Å²) in [5.74, 6) is 0. The summed E-state index contributed by atoms with van der Waals surface area (Å²) in [6, 6.07) is 0. The van der Waals surface area contributed by atoms with Crippen LogP contribution in [0.4, 0.5) is 8.63 Å². The normalized spacial score (nSPS) is 9.11. The number of hydrogen-bond donors (Lipinski definition) is 0. The van der Waals surface area contributed by atoms with Gasteiger partial charge in [-0.15, -0.1) is 0 Å². The van der Waals surface area contributed by atoms with Gasteiger partial charge in [0, 0.05) is 13.2 Å². The molecule has 0 rings (SSSR count). The molecule has 0 unspecified atom stereocenters. The van der Waals surface area contributed by atoms with Crippen molar-refractivity contribution in [2.75, 3.05) is 13.2 Å². The van der Waals surface area contributed by atoms with E-state index in [1.807, 2.05) is 0 Å². The third-order valence-electron chi connectivity index (χ3n) is 0.845. The molecule has 0 bridgehead atoms. The maximum Gasteiger partial charge on any atom is 0.333 e. The Morgan fingerprint density at radius 2 is 1.44 bits per heavy atom. The van der Waals surface area contributed by atoms with Gasteiger partial charge in [-0.1, -0.05) is 0 Å². The fourth-order valence-corrected chi connectivity index (χ4v) is 0.415. The van der Waals surface area contributed by atoms with Crippen molar-refractivity contribution < 1.29 is 13.4 Å². The first-order valence-corrected chi connectivity index (χ1v) is 3.11. The lowest BCUT2D eigenvalue weighted by molar-refractivity contribution is 0.160. The topological polar surface area (TPSA) is 9.23 Å². The molecule has 0 aromatic rings. The van der Waals surface area contributed by atoms with E-state index >= 15 is 0 Å².